The van der Waals surface area contributed by atoms with Crippen LogP contribution in [0.15, 0.2) is 4.99 Å². The van der Waals surface area contributed by atoms with E-state index in [9.17, 15) is 0 Å². The third-order valence-electron chi connectivity index (χ3n) is 4.54. The van der Waals surface area contributed by atoms with Crippen LogP contribution in [-0.2, 0) is 0 Å². The lowest BCUT2D eigenvalue weighted by molar-refractivity contribution is 0.247. The molecule has 0 spiro atoms. The standard InChI is InChI=1S/C15H30N4S/c1-12(19(4)13-6-7-13)10-17-14(16-3)18-11-15(2)8-5-9-20-15/h12-13H,5-11H2,1-4H3,(H2,16,17,18). The first kappa shape index (κ1) is 16.0. The number of likely N-dealkylation sites (N-methyl/N-ethyl adjacent to an activating group) is 1. The normalized spacial score (nSPS) is 28.8. The summed E-state index contributed by atoms with van der Waals surface area (Å²) in [5.41, 5.74) is 0. The highest BCUT2D eigenvalue weighted by atomic mass is 32.2. The molecule has 0 aromatic carbocycles. The molecule has 2 unspecified atom stereocenters. The van der Waals surface area contributed by atoms with Crippen LogP contribution in [0.5, 0.6) is 0 Å². The third kappa shape index (κ3) is 4.55. The molecular weight excluding hydrogens is 268 g/mol. The molecule has 4 nitrogen and oxygen atoms in total. The van der Waals surface area contributed by atoms with Gasteiger partial charge in [0.15, 0.2) is 5.96 Å². The number of nitrogens with one attached hydrogen (secondary N) is 2. The molecule has 2 atom stereocenters. The lowest BCUT2D eigenvalue weighted by Crippen LogP contribution is -2.48. The average Bonchev–Trinajstić information content (AvgIpc) is 3.20. The molecule has 2 fully saturated rings. The van der Waals surface area contributed by atoms with Crippen LogP contribution in [0.3, 0.4) is 0 Å². The Bertz CT molecular complexity index is 335. The Morgan fingerprint density at radius 1 is 1.45 bits per heavy atom. The second kappa shape index (κ2) is 7.03. The number of rotatable bonds is 6. The topological polar surface area (TPSA) is 39.7 Å². The Hall–Kier alpha value is -0.420. The summed E-state index contributed by atoms with van der Waals surface area (Å²) in [5, 5.41) is 6.95. The first-order valence-electron chi connectivity index (χ1n) is 7.84. The molecule has 116 valence electrons. The Morgan fingerprint density at radius 3 is 2.75 bits per heavy atom. The van der Waals surface area contributed by atoms with Gasteiger partial charge in [0.05, 0.1) is 0 Å². The molecule has 0 bridgehead atoms. The zero-order valence-corrected chi connectivity index (χ0v) is 14.2. The monoisotopic (exact) mass is 298 g/mol. The molecule has 1 saturated heterocycles. The minimum atomic E-state index is 0.383. The van der Waals surface area contributed by atoms with Gasteiger partial charge < -0.3 is 10.6 Å². The van der Waals surface area contributed by atoms with E-state index in [1.54, 1.807) is 0 Å². The molecule has 0 radical (unpaired) electrons. The van der Waals surface area contributed by atoms with Crippen LogP contribution in [0.4, 0.5) is 0 Å². The van der Waals surface area contributed by atoms with Crippen molar-refractivity contribution >= 4 is 17.7 Å². The van der Waals surface area contributed by atoms with Crippen molar-refractivity contribution in [1.29, 1.82) is 0 Å². The molecule has 1 aliphatic carbocycles. The maximum atomic E-state index is 4.34. The van der Waals surface area contributed by atoms with E-state index in [0.29, 0.717) is 10.8 Å². The highest BCUT2D eigenvalue weighted by Gasteiger charge is 2.30. The molecule has 1 aliphatic heterocycles. The average molecular weight is 298 g/mol. The molecule has 5 heteroatoms. The van der Waals surface area contributed by atoms with Crippen LogP contribution < -0.4 is 10.6 Å². The fourth-order valence-electron chi connectivity index (χ4n) is 2.70. The van der Waals surface area contributed by atoms with E-state index in [1.165, 1.54) is 31.4 Å². The molecule has 2 rings (SSSR count). The van der Waals surface area contributed by atoms with Crippen LogP contribution in [0.1, 0.15) is 39.5 Å². The van der Waals surface area contributed by atoms with Gasteiger partial charge in [-0.15, -0.1) is 0 Å². The molecule has 1 heterocycles. The smallest absolute Gasteiger partial charge is 0.191 e. The Labute approximate surface area is 128 Å². The van der Waals surface area contributed by atoms with Crippen molar-refractivity contribution in [2.24, 2.45) is 4.99 Å². The first-order chi connectivity index (χ1) is 9.54. The molecule has 2 aliphatic rings. The van der Waals surface area contributed by atoms with Gasteiger partial charge in [-0.2, -0.15) is 11.8 Å². The maximum Gasteiger partial charge on any atom is 0.191 e. The van der Waals surface area contributed by atoms with E-state index < -0.39 is 0 Å². The summed E-state index contributed by atoms with van der Waals surface area (Å²) >= 11 is 2.09. The van der Waals surface area contributed by atoms with Crippen LogP contribution in [0, 0.1) is 0 Å². The zero-order chi connectivity index (χ0) is 14.6. The number of hydrogen-bond donors (Lipinski definition) is 2. The first-order valence-corrected chi connectivity index (χ1v) is 8.83. The van der Waals surface area contributed by atoms with Gasteiger partial charge in [-0.25, -0.2) is 0 Å². The second-order valence-electron chi connectivity index (χ2n) is 6.45. The molecule has 0 aromatic heterocycles. The summed E-state index contributed by atoms with van der Waals surface area (Å²) in [6.07, 6.45) is 5.38. The van der Waals surface area contributed by atoms with Gasteiger partial charge in [-0.1, -0.05) is 0 Å². The van der Waals surface area contributed by atoms with E-state index in [0.717, 1.165) is 25.1 Å². The van der Waals surface area contributed by atoms with Crippen LogP contribution >= 0.6 is 11.8 Å². The SMILES string of the molecule is CN=C(NCC(C)N(C)C1CC1)NCC1(C)CCCS1. The predicted octanol–water partition coefficient (Wildman–Crippen LogP) is 1.92. The van der Waals surface area contributed by atoms with Gasteiger partial charge in [0.2, 0.25) is 0 Å². The van der Waals surface area contributed by atoms with Crippen LogP contribution in [-0.4, -0.2) is 60.6 Å². The van der Waals surface area contributed by atoms with Crippen molar-refractivity contribution < 1.29 is 0 Å². The van der Waals surface area contributed by atoms with Gasteiger partial charge in [0, 0.05) is 37.0 Å². The van der Waals surface area contributed by atoms with Gasteiger partial charge in [0.1, 0.15) is 0 Å². The maximum absolute atomic E-state index is 4.34. The van der Waals surface area contributed by atoms with Crippen LogP contribution in [0.2, 0.25) is 0 Å². The largest absolute Gasteiger partial charge is 0.355 e. The van der Waals surface area contributed by atoms with Crippen molar-refractivity contribution in [3.63, 3.8) is 0 Å². The predicted molar refractivity (Wildman–Crippen MR) is 89.7 cm³/mol. The number of aliphatic imine (C=N–C) groups is 1. The highest BCUT2D eigenvalue weighted by molar-refractivity contribution is 8.00. The third-order valence-corrected chi connectivity index (χ3v) is 6.08. The minimum absolute atomic E-state index is 0.383. The van der Waals surface area contributed by atoms with E-state index in [4.69, 9.17) is 0 Å². The second-order valence-corrected chi connectivity index (χ2v) is 8.14. The quantitative estimate of drug-likeness (QED) is 0.580. The molecule has 0 amide bonds. The zero-order valence-electron chi connectivity index (χ0n) is 13.4. The van der Waals surface area contributed by atoms with Crippen molar-refractivity contribution in [2.75, 3.05) is 32.9 Å². The summed E-state index contributed by atoms with van der Waals surface area (Å²) in [7, 11) is 4.09. The summed E-state index contributed by atoms with van der Waals surface area (Å²) in [5.74, 6) is 2.24. The van der Waals surface area contributed by atoms with E-state index in [1.807, 2.05) is 7.05 Å². The van der Waals surface area contributed by atoms with Crippen molar-refractivity contribution in [2.45, 2.75) is 56.4 Å². The Kier molecular flexibility index (Phi) is 5.61. The molecule has 20 heavy (non-hydrogen) atoms. The molecule has 2 N–H and O–H groups in total. The van der Waals surface area contributed by atoms with Crippen molar-refractivity contribution in [1.82, 2.24) is 15.5 Å². The number of hydrogen-bond acceptors (Lipinski definition) is 3. The summed E-state index contributed by atoms with van der Waals surface area (Å²) in [4.78, 5) is 6.82. The fourth-order valence-corrected chi connectivity index (χ4v) is 3.94. The number of thioether (sulfide) groups is 1. The molecule has 0 aromatic rings. The van der Waals surface area contributed by atoms with Gasteiger partial charge in [-0.05, 0) is 52.3 Å². The number of nitrogens with zero attached hydrogens (tertiary/aromatic N) is 2. The van der Waals surface area contributed by atoms with Gasteiger partial charge in [0.25, 0.3) is 0 Å². The number of guanidine groups is 1. The van der Waals surface area contributed by atoms with Gasteiger partial charge >= 0.3 is 0 Å². The molecular formula is C15H30N4S. The summed E-state index contributed by atoms with van der Waals surface area (Å²) in [6, 6.07) is 1.37. The van der Waals surface area contributed by atoms with Crippen molar-refractivity contribution in [3.05, 3.63) is 0 Å². The molecule has 1 saturated carbocycles. The lowest BCUT2D eigenvalue weighted by Gasteiger charge is -2.27. The lowest BCUT2D eigenvalue weighted by atomic mass is 10.1. The van der Waals surface area contributed by atoms with E-state index in [-0.39, 0.29) is 0 Å². The summed E-state index contributed by atoms with van der Waals surface area (Å²) in [6.45, 7) is 6.60. The van der Waals surface area contributed by atoms with E-state index >= 15 is 0 Å². The fraction of sp³-hybridized carbons (Fsp3) is 0.933. The summed E-state index contributed by atoms with van der Waals surface area (Å²) < 4.78 is 0.383. The Balaban J connectivity index is 1.69. The van der Waals surface area contributed by atoms with Crippen molar-refractivity contribution in [3.8, 4) is 0 Å². The van der Waals surface area contributed by atoms with E-state index in [2.05, 4.69) is 53.2 Å². The Morgan fingerprint density at radius 2 is 2.20 bits per heavy atom. The van der Waals surface area contributed by atoms with Gasteiger partial charge in [-0.3, -0.25) is 9.89 Å². The van der Waals surface area contributed by atoms with Crippen LogP contribution in [0.25, 0.3) is 0 Å². The minimum Gasteiger partial charge on any atom is -0.355 e. The highest BCUT2D eigenvalue weighted by Crippen LogP contribution is 2.36.